The molecule has 198 valence electrons. The molecule has 6 nitrogen and oxygen atoms in total. The van der Waals surface area contributed by atoms with Crippen LogP contribution >= 0.6 is 0 Å². The first kappa shape index (κ1) is 24.1. The minimum atomic E-state index is 0.614. The van der Waals surface area contributed by atoms with Gasteiger partial charge in [0.05, 0.1) is 16.7 Å². The fraction of sp³-hybridized carbons (Fsp3) is 0.0278. The minimum Gasteiger partial charge on any atom is -0.298 e. The van der Waals surface area contributed by atoms with Gasteiger partial charge in [-0.15, -0.1) is 0 Å². The first-order valence-electron chi connectivity index (χ1n) is 13.9. The van der Waals surface area contributed by atoms with E-state index >= 15 is 0 Å². The average molecular weight is 541 g/mol. The summed E-state index contributed by atoms with van der Waals surface area (Å²) in [5.41, 5.74) is 9.42. The Kier molecular flexibility index (Phi) is 5.57. The molecule has 0 aliphatic rings. The highest BCUT2D eigenvalue weighted by Gasteiger charge is 2.18. The van der Waals surface area contributed by atoms with Crippen molar-refractivity contribution in [3.05, 3.63) is 133 Å². The van der Waals surface area contributed by atoms with Crippen molar-refractivity contribution in [2.75, 3.05) is 0 Å². The summed E-state index contributed by atoms with van der Waals surface area (Å²) in [5.74, 6) is 1.88. The highest BCUT2D eigenvalue weighted by Crippen LogP contribution is 2.35. The third kappa shape index (κ3) is 4.09. The van der Waals surface area contributed by atoms with E-state index in [1.54, 1.807) is 0 Å². The molecule has 0 aliphatic carbocycles. The lowest BCUT2D eigenvalue weighted by Gasteiger charge is -2.12. The van der Waals surface area contributed by atoms with Crippen LogP contribution in [0.25, 0.3) is 73.0 Å². The Labute approximate surface area is 242 Å². The number of fused-ring (bicyclic) bond motifs is 5. The topological polar surface area (TPSA) is 68.9 Å². The van der Waals surface area contributed by atoms with Gasteiger partial charge in [0, 0.05) is 33.8 Å². The van der Waals surface area contributed by atoms with Crippen LogP contribution in [-0.2, 0) is 0 Å². The van der Waals surface area contributed by atoms with Gasteiger partial charge in [-0.1, -0.05) is 84.9 Å². The zero-order valence-electron chi connectivity index (χ0n) is 22.8. The Morgan fingerprint density at radius 1 is 0.500 bits per heavy atom. The van der Waals surface area contributed by atoms with Gasteiger partial charge in [0.25, 0.3) is 0 Å². The number of rotatable bonds is 4. The van der Waals surface area contributed by atoms with E-state index in [4.69, 9.17) is 24.9 Å². The van der Waals surface area contributed by atoms with Crippen molar-refractivity contribution in [1.29, 1.82) is 0 Å². The summed E-state index contributed by atoms with van der Waals surface area (Å²) in [6.45, 7) is 2.09. The van der Waals surface area contributed by atoms with E-state index in [0.717, 1.165) is 61.1 Å². The zero-order valence-corrected chi connectivity index (χ0v) is 22.8. The first-order valence-corrected chi connectivity index (χ1v) is 13.9. The van der Waals surface area contributed by atoms with Gasteiger partial charge >= 0.3 is 0 Å². The largest absolute Gasteiger partial charge is 0.298 e. The predicted molar refractivity (Wildman–Crippen MR) is 168 cm³/mol. The molecule has 0 aliphatic heterocycles. The molecule has 0 spiro atoms. The molecule has 4 aromatic carbocycles. The fourth-order valence-corrected chi connectivity index (χ4v) is 5.54. The van der Waals surface area contributed by atoms with Crippen LogP contribution in [0.1, 0.15) is 5.56 Å². The lowest BCUT2D eigenvalue weighted by Crippen LogP contribution is -2.00. The summed E-state index contributed by atoms with van der Waals surface area (Å²) in [4.78, 5) is 25.0. The molecular formula is C36H24N6. The van der Waals surface area contributed by atoms with E-state index in [-0.39, 0.29) is 0 Å². The second kappa shape index (κ2) is 9.71. The van der Waals surface area contributed by atoms with Crippen molar-refractivity contribution >= 4 is 27.6 Å². The summed E-state index contributed by atoms with van der Waals surface area (Å²) in [6.07, 6.45) is 2.05. The number of pyridine rings is 2. The van der Waals surface area contributed by atoms with Crippen molar-refractivity contribution < 1.29 is 0 Å². The Morgan fingerprint density at radius 2 is 1.10 bits per heavy atom. The van der Waals surface area contributed by atoms with E-state index in [1.807, 2.05) is 103 Å². The number of benzene rings is 4. The van der Waals surface area contributed by atoms with Gasteiger partial charge in [-0.2, -0.15) is 0 Å². The molecule has 8 aromatic rings. The van der Waals surface area contributed by atoms with Crippen LogP contribution in [0.3, 0.4) is 0 Å². The highest BCUT2D eigenvalue weighted by atomic mass is 15.0. The Hall–Kier alpha value is -5.75. The van der Waals surface area contributed by atoms with E-state index in [1.165, 1.54) is 0 Å². The van der Waals surface area contributed by atoms with Gasteiger partial charge in [0.1, 0.15) is 11.2 Å². The second-order valence-electron chi connectivity index (χ2n) is 10.3. The second-order valence-corrected chi connectivity index (χ2v) is 10.3. The van der Waals surface area contributed by atoms with Crippen LogP contribution in [0.2, 0.25) is 0 Å². The molecular weight excluding hydrogens is 516 g/mol. The molecule has 0 fully saturated rings. The third-order valence-electron chi connectivity index (χ3n) is 7.45. The highest BCUT2D eigenvalue weighted by molar-refractivity contribution is 6.09. The molecule has 0 saturated heterocycles. The molecule has 8 rings (SSSR count). The van der Waals surface area contributed by atoms with Crippen molar-refractivity contribution in [1.82, 2.24) is 29.3 Å². The molecule has 0 atom stereocenters. The summed E-state index contributed by atoms with van der Waals surface area (Å²) in [7, 11) is 0. The fourth-order valence-electron chi connectivity index (χ4n) is 5.54. The minimum absolute atomic E-state index is 0.614. The number of aromatic nitrogens is 6. The maximum Gasteiger partial charge on any atom is 0.164 e. The maximum absolute atomic E-state index is 5.19. The number of aryl methyl sites for hydroxylation is 1. The summed E-state index contributed by atoms with van der Waals surface area (Å²) in [5, 5.41) is 1.03. The van der Waals surface area contributed by atoms with Crippen LogP contribution in [0.5, 0.6) is 0 Å². The molecule has 0 saturated carbocycles. The normalized spacial score (nSPS) is 11.5. The monoisotopic (exact) mass is 540 g/mol. The number of para-hydroxylation sites is 1. The van der Waals surface area contributed by atoms with Gasteiger partial charge in [0.2, 0.25) is 0 Å². The van der Waals surface area contributed by atoms with Crippen molar-refractivity contribution in [3.8, 4) is 45.4 Å². The quantitative estimate of drug-likeness (QED) is 0.225. The number of hydrogen-bond acceptors (Lipinski definition) is 5. The van der Waals surface area contributed by atoms with E-state index in [2.05, 4.69) is 35.6 Å². The van der Waals surface area contributed by atoms with Gasteiger partial charge in [-0.3, -0.25) is 4.40 Å². The Balaban J connectivity index is 1.38. The van der Waals surface area contributed by atoms with Crippen molar-refractivity contribution in [2.45, 2.75) is 6.92 Å². The SMILES string of the molecule is Cc1cc(-c2nc(-c3ccccc3)nc(-c3ccccc3)n2)cc(-c2nc3ccccc3c3nc4ccccn4c23)c1. The number of hydrogen-bond donors (Lipinski definition) is 0. The molecule has 6 heteroatoms. The molecule has 0 amide bonds. The number of nitrogens with zero attached hydrogens (tertiary/aromatic N) is 6. The molecule has 0 unspecified atom stereocenters. The van der Waals surface area contributed by atoms with E-state index < -0.39 is 0 Å². The smallest absolute Gasteiger partial charge is 0.164 e. The molecule has 0 N–H and O–H groups in total. The summed E-state index contributed by atoms with van der Waals surface area (Å²) < 4.78 is 2.12. The van der Waals surface area contributed by atoms with Crippen LogP contribution in [0.4, 0.5) is 0 Å². The van der Waals surface area contributed by atoms with Crippen molar-refractivity contribution in [3.63, 3.8) is 0 Å². The predicted octanol–water partition coefficient (Wildman–Crippen LogP) is 8.20. The Morgan fingerprint density at radius 3 is 1.81 bits per heavy atom. The lowest BCUT2D eigenvalue weighted by molar-refractivity contribution is 1.07. The first-order chi connectivity index (χ1) is 20.7. The van der Waals surface area contributed by atoms with Crippen LogP contribution in [-0.4, -0.2) is 29.3 Å². The van der Waals surface area contributed by atoms with Gasteiger partial charge < -0.3 is 0 Å². The molecule has 0 bridgehead atoms. The van der Waals surface area contributed by atoms with Gasteiger partial charge in [0.15, 0.2) is 17.5 Å². The standard InChI is InChI=1S/C36H24N6/c1-23-20-26(31-33-32(28-16-8-9-17-29(28)37-31)38-30-18-10-11-19-42(30)33)22-27(21-23)36-40-34(24-12-4-2-5-13-24)39-35(41-36)25-14-6-3-7-15-25/h2-22H,1H3. The van der Waals surface area contributed by atoms with Crippen LogP contribution < -0.4 is 0 Å². The summed E-state index contributed by atoms with van der Waals surface area (Å²) in [6, 6.07) is 40.7. The molecule has 4 aromatic heterocycles. The number of imidazole rings is 1. The third-order valence-corrected chi connectivity index (χ3v) is 7.45. The van der Waals surface area contributed by atoms with E-state index in [9.17, 15) is 0 Å². The van der Waals surface area contributed by atoms with Crippen molar-refractivity contribution in [2.24, 2.45) is 0 Å². The van der Waals surface area contributed by atoms with Crippen LogP contribution in [0.15, 0.2) is 128 Å². The zero-order chi connectivity index (χ0) is 28.0. The van der Waals surface area contributed by atoms with Gasteiger partial charge in [-0.25, -0.2) is 24.9 Å². The molecule has 0 radical (unpaired) electrons. The average Bonchev–Trinajstić information content (AvgIpc) is 3.45. The van der Waals surface area contributed by atoms with E-state index in [0.29, 0.717) is 17.5 Å². The molecule has 4 heterocycles. The van der Waals surface area contributed by atoms with Crippen LogP contribution in [0, 0.1) is 6.92 Å². The lowest BCUT2D eigenvalue weighted by atomic mass is 10.0. The van der Waals surface area contributed by atoms with Gasteiger partial charge in [-0.05, 0) is 48.9 Å². The molecule has 42 heavy (non-hydrogen) atoms. The maximum atomic E-state index is 5.19. The Bertz CT molecular complexity index is 2200. The summed E-state index contributed by atoms with van der Waals surface area (Å²) >= 11 is 0.